The number of pyridine rings is 2. The van der Waals surface area contributed by atoms with Crippen LogP contribution in [0.3, 0.4) is 0 Å². The molecule has 0 atom stereocenters. The van der Waals surface area contributed by atoms with Crippen LogP contribution in [0.15, 0.2) is 82.4 Å². The molecule has 0 spiro atoms. The van der Waals surface area contributed by atoms with Crippen molar-refractivity contribution in [2.75, 3.05) is 0 Å². The molecule has 0 amide bonds. The highest BCUT2D eigenvalue weighted by Gasteiger charge is 2.32. The zero-order valence-electron chi connectivity index (χ0n) is 19.8. The summed E-state index contributed by atoms with van der Waals surface area (Å²) in [4.78, 5) is 27.4. The molecule has 2 heterocycles. The minimum Gasteiger partial charge on any atom is -0.507 e. The van der Waals surface area contributed by atoms with Crippen LogP contribution < -0.4 is 11.1 Å². The maximum absolute atomic E-state index is 13.7. The van der Waals surface area contributed by atoms with E-state index in [0.717, 1.165) is 12.0 Å². The number of aromatic nitrogens is 2. The molecule has 176 valence electrons. The molecule has 0 saturated heterocycles. The minimum absolute atomic E-state index is 0.0538. The number of nitrogens with zero attached hydrogens (tertiary/aromatic N) is 2. The Morgan fingerprint density at radius 2 is 1.11 bits per heavy atom. The molecular formula is C29H26N2O4. The molecule has 2 aromatic heterocycles. The van der Waals surface area contributed by atoms with Crippen LogP contribution in [0.4, 0.5) is 0 Å². The van der Waals surface area contributed by atoms with E-state index in [9.17, 15) is 19.8 Å². The Labute approximate surface area is 202 Å². The number of rotatable bonds is 4. The monoisotopic (exact) mass is 466 g/mol. The second kappa shape index (κ2) is 8.47. The Kier molecular flexibility index (Phi) is 5.44. The number of aryl methyl sites for hydroxylation is 3. The summed E-state index contributed by atoms with van der Waals surface area (Å²) in [5.41, 5.74) is 2.13. The predicted molar refractivity (Wildman–Crippen MR) is 138 cm³/mol. The summed E-state index contributed by atoms with van der Waals surface area (Å²) in [6.07, 6.45) is 0.830. The Bertz CT molecular complexity index is 1610. The lowest BCUT2D eigenvalue weighted by atomic mass is 9.83. The standard InChI is InChI=1S/C29H26N2O4/c1-4-17-13-15-18(16-14-17)23(24-26(32)19-9-5-7-11-21(19)30(2)28(24)34)25-27(33)20-10-6-8-12-22(20)31(3)29(25)35/h5-16,23,32-33H,4H2,1-3H3. The van der Waals surface area contributed by atoms with Gasteiger partial charge in [-0.3, -0.25) is 9.59 Å². The fraction of sp³-hybridized carbons (Fsp3) is 0.172. The summed E-state index contributed by atoms with van der Waals surface area (Å²) < 4.78 is 2.95. The third-order valence-corrected chi connectivity index (χ3v) is 6.92. The van der Waals surface area contributed by atoms with E-state index < -0.39 is 17.0 Å². The molecule has 0 bridgehead atoms. The summed E-state index contributed by atoms with van der Waals surface area (Å²) in [5, 5.41) is 23.8. The number of para-hydroxylation sites is 2. The van der Waals surface area contributed by atoms with Crippen molar-refractivity contribution in [1.29, 1.82) is 0 Å². The average Bonchev–Trinajstić information content (AvgIpc) is 2.90. The first-order chi connectivity index (χ1) is 16.8. The Morgan fingerprint density at radius 3 is 1.54 bits per heavy atom. The Morgan fingerprint density at radius 1 is 0.686 bits per heavy atom. The molecular weight excluding hydrogens is 440 g/mol. The molecule has 35 heavy (non-hydrogen) atoms. The molecule has 5 aromatic rings. The summed E-state index contributed by atoms with van der Waals surface area (Å²) in [6, 6.07) is 21.8. The van der Waals surface area contributed by atoms with Crippen molar-refractivity contribution in [2.24, 2.45) is 14.1 Å². The molecule has 0 aliphatic heterocycles. The van der Waals surface area contributed by atoms with Gasteiger partial charge in [0.05, 0.1) is 28.1 Å². The van der Waals surface area contributed by atoms with Gasteiger partial charge in [-0.15, -0.1) is 0 Å². The minimum atomic E-state index is -0.979. The number of benzene rings is 3. The number of aromatic hydroxyl groups is 2. The number of hydrogen-bond acceptors (Lipinski definition) is 4. The average molecular weight is 467 g/mol. The predicted octanol–water partition coefficient (Wildman–Crippen LogP) is 4.54. The van der Waals surface area contributed by atoms with Crippen molar-refractivity contribution in [3.63, 3.8) is 0 Å². The quantitative estimate of drug-likeness (QED) is 0.407. The summed E-state index contributed by atoms with van der Waals surface area (Å²) in [6.45, 7) is 2.04. The molecule has 6 heteroatoms. The lowest BCUT2D eigenvalue weighted by molar-refractivity contribution is 0.460. The Hall–Kier alpha value is -4.32. The first-order valence-electron chi connectivity index (χ1n) is 11.5. The van der Waals surface area contributed by atoms with Gasteiger partial charge in [0.25, 0.3) is 11.1 Å². The van der Waals surface area contributed by atoms with Crippen LogP contribution in [0.2, 0.25) is 0 Å². The topological polar surface area (TPSA) is 84.5 Å². The van der Waals surface area contributed by atoms with Crippen LogP contribution in [0.5, 0.6) is 11.5 Å². The maximum Gasteiger partial charge on any atom is 0.258 e. The van der Waals surface area contributed by atoms with E-state index in [1.54, 1.807) is 62.6 Å². The van der Waals surface area contributed by atoms with E-state index in [1.165, 1.54) is 9.13 Å². The van der Waals surface area contributed by atoms with Crippen LogP contribution in [0.25, 0.3) is 21.8 Å². The fourth-order valence-electron chi connectivity index (χ4n) is 4.95. The highest BCUT2D eigenvalue weighted by molar-refractivity contribution is 5.89. The molecule has 0 aliphatic carbocycles. The molecule has 5 rings (SSSR count). The lowest BCUT2D eigenvalue weighted by Crippen LogP contribution is -2.30. The second-order valence-corrected chi connectivity index (χ2v) is 8.82. The van der Waals surface area contributed by atoms with Crippen LogP contribution in [0.1, 0.15) is 35.1 Å². The van der Waals surface area contributed by atoms with Gasteiger partial charge in [0.15, 0.2) is 0 Å². The van der Waals surface area contributed by atoms with Crippen molar-refractivity contribution in [3.8, 4) is 11.5 Å². The van der Waals surface area contributed by atoms with E-state index >= 15 is 0 Å². The zero-order chi connectivity index (χ0) is 24.9. The molecule has 0 aliphatic rings. The van der Waals surface area contributed by atoms with Crippen LogP contribution >= 0.6 is 0 Å². The number of hydrogen-bond donors (Lipinski definition) is 2. The van der Waals surface area contributed by atoms with E-state index in [-0.39, 0.29) is 22.6 Å². The van der Waals surface area contributed by atoms with Gasteiger partial charge in [-0.2, -0.15) is 0 Å². The highest BCUT2D eigenvalue weighted by Crippen LogP contribution is 2.41. The van der Waals surface area contributed by atoms with E-state index in [1.807, 2.05) is 31.2 Å². The van der Waals surface area contributed by atoms with Crippen LogP contribution in [0, 0.1) is 0 Å². The third kappa shape index (κ3) is 3.41. The second-order valence-electron chi connectivity index (χ2n) is 8.82. The van der Waals surface area contributed by atoms with Gasteiger partial charge in [-0.05, 0) is 41.8 Å². The van der Waals surface area contributed by atoms with E-state index in [2.05, 4.69) is 0 Å². The smallest absolute Gasteiger partial charge is 0.258 e. The van der Waals surface area contributed by atoms with Crippen molar-refractivity contribution in [2.45, 2.75) is 19.3 Å². The third-order valence-electron chi connectivity index (χ3n) is 6.92. The lowest BCUT2D eigenvalue weighted by Gasteiger charge is -2.23. The van der Waals surface area contributed by atoms with Gasteiger partial charge in [0, 0.05) is 24.9 Å². The fourth-order valence-corrected chi connectivity index (χ4v) is 4.95. The van der Waals surface area contributed by atoms with Crippen molar-refractivity contribution in [1.82, 2.24) is 9.13 Å². The van der Waals surface area contributed by atoms with Crippen molar-refractivity contribution >= 4 is 21.8 Å². The zero-order valence-corrected chi connectivity index (χ0v) is 19.8. The SMILES string of the molecule is CCc1ccc(C(c2c(O)c3ccccc3n(C)c2=O)c2c(O)c3ccccc3n(C)c2=O)cc1. The molecule has 0 saturated carbocycles. The molecule has 6 nitrogen and oxygen atoms in total. The molecule has 0 radical (unpaired) electrons. The first-order valence-corrected chi connectivity index (χ1v) is 11.5. The normalized spacial score (nSPS) is 11.5. The van der Waals surface area contributed by atoms with Crippen LogP contribution in [-0.2, 0) is 20.5 Å². The first kappa shape index (κ1) is 22.5. The van der Waals surface area contributed by atoms with Crippen LogP contribution in [-0.4, -0.2) is 19.3 Å². The van der Waals surface area contributed by atoms with Crippen molar-refractivity contribution < 1.29 is 10.2 Å². The highest BCUT2D eigenvalue weighted by atomic mass is 16.3. The summed E-state index contributed by atoms with van der Waals surface area (Å²) in [5.74, 6) is -1.36. The van der Waals surface area contributed by atoms with Gasteiger partial charge in [-0.25, -0.2) is 0 Å². The van der Waals surface area contributed by atoms with Gasteiger partial charge >= 0.3 is 0 Å². The molecule has 2 N–H and O–H groups in total. The van der Waals surface area contributed by atoms with Gasteiger partial charge in [0.2, 0.25) is 0 Å². The van der Waals surface area contributed by atoms with Crippen molar-refractivity contribution in [3.05, 3.63) is 116 Å². The summed E-state index contributed by atoms with van der Waals surface area (Å²) >= 11 is 0. The Balaban J connectivity index is 1.95. The van der Waals surface area contributed by atoms with Gasteiger partial charge in [0.1, 0.15) is 11.5 Å². The largest absolute Gasteiger partial charge is 0.507 e. The van der Waals surface area contributed by atoms with Gasteiger partial charge < -0.3 is 19.3 Å². The maximum atomic E-state index is 13.7. The van der Waals surface area contributed by atoms with E-state index in [4.69, 9.17) is 0 Å². The summed E-state index contributed by atoms with van der Waals surface area (Å²) in [7, 11) is 3.28. The van der Waals surface area contributed by atoms with Gasteiger partial charge in [-0.1, -0.05) is 55.5 Å². The molecule has 0 unspecified atom stereocenters. The van der Waals surface area contributed by atoms with E-state index in [0.29, 0.717) is 27.4 Å². The molecule has 3 aromatic carbocycles. The number of fused-ring (bicyclic) bond motifs is 2. The molecule has 0 fully saturated rings.